The Bertz CT molecular complexity index is 746. The predicted molar refractivity (Wildman–Crippen MR) is 94.7 cm³/mol. The van der Waals surface area contributed by atoms with Crippen LogP contribution in [0.15, 0.2) is 29.5 Å². The lowest BCUT2D eigenvalue weighted by atomic mass is 10.1. The maximum absolute atomic E-state index is 12.1. The van der Waals surface area contributed by atoms with Crippen molar-refractivity contribution in [2.24, 2.45) is 0 Å². The van der Waals surface area contributed by atoms with Gasteiger partial charge in [0.1, 0.15) is 5.78 Å². The van der Waals surface area contributed by atoms with Crippen LogP contribution in [0.1, 0.15) is 18.9 Å². The van der Waals surface area contributed by atoms with Gasteiger partial charge in [0.2, 0.25) is 0 Å². The number of hydrogen-bond acceptors (Lipinski definition) is 4. The minimum atomic E-state index is -0.698. The molecule has 1 aliphatic rings. The number of halogens is 2. The fourth-order valence-electron chi connectivity index (χ4n) is 2.49. The molecule has 1 aliphatic heterocycles. The van der Waals surface area contributed by atoms with Gasteiger partial charge in [-0.2, -0.15) is 0 Å². The first-order valence-corrected chi connectivity index (χ1v) is 8.48. The van der Waals surface area contributed by atoms with Crippen LogP contribution in [-0.2, 0) is 20.8 Å². The van der Waals surface area contributed by atoms with Crippen LogP contribution in [0, 0.1) is 0 Å². The Kier molecular flexibility index (Phi) is 6.45. The van der Waals surface area contributed by atoms with Gasteiger partial charge < -0.3 is 15.3 Å². The molecule has 2 rings (SSSR count). The molecule has 0 aliphatic carbocycles. The average Bonchev–Trinajstić information content (AvgIpc) is 2.82. The number of Topliss-reactive ketones (excluding diaryl/α,β-unsaturated/α-hetero) is 1. The normalized spacial score (nSPS) is 14.2. The van der Waals surface area contributed by atoms with Crippen LogP contribution in [-0.4, -0.2) is 47.2 Å². The van der Waals surface area contributed by atoms with Crippen molar-refractivity contribution in [3.63, 3.8) is 0 Å². The SMILES string of the molecule is CC(=O)CN1CC(C(=O)NCCCc2ccc(Cl)c(Cl)c2)=C(O)C1=O. The van der Waals surface area contributed by atoms with E-state index in [9.17, 15) is 19.5 Å². The number of nitrogens with zero attached hydrogens (tertiary/aromatic N) is 1. The molecule has 134 valence electrons. The minimum absolute atomic E-state index is 0.0132. The third-order valence-electron chi connectivity index (χ3n) is 3.72. The van der Waals surface area contributed by atoms with Crippen LogP contribution >= 0.6 is 23.2 Å². The fraction of sp³-hybridized carbons (Fsp3) is 0.353. The molecule has 8 heteroatoms. The second-order valence-corrected chi connectivity index (χ2v) is 6.61. The van der Waals surface area contributed by atoms with Gasteiger partial charge in [0.15, 0.2) is 5.76 Å². The average molecular weight is 385 g/mol. The van der Waals surface area contributed by atoms with Crippen molar-refractivity contribution in [1.82, 2.24) is 10.2 Å². The number of aryl methyl sites for hydroxylation is 1. The molecule has 0 aromatic heterocycles. The largest absolute Gasteiger partial charge is 0.503 e. The van der Waals surface area contributed by atoms with Crippen molar-refractivity contribution in [3.05, 3.63) is 45.1 Å². The summed E-state index contributed by atoms with van der Waals surface area (Å²) in [5.41, 5.74) is 0.982. The van der Waals surface area contributed by atoms with Gasteiger partial charge in [-0.1, -0.05) is 29.3 Å². The summed E-state index contributed by atoms with van der Waals surface area (Å²) in [6.07, 6.45) is 1.35. The highest BCUT2D eigenvalue weighted by atomic mass is 35.5. The monoisotopic (exact) mass is 384 g/mol. The van der Waals surface area contributed by atoms with Crippen molar-refractivity contribution in [1.29, 1.82) is 0 Å². The number of ketones is 1. The summed E-state index contributed by atoms with van der Waals surface area (Å²) in [6, 6.07) is 5.35. The lowest BCUT2D eigenvalue weighted by Gasteiger charge is -2.13. The van der Waals surface area contributed by atoms with Gasteiger partial charge in [0, 0.05) is 6.54 Å². The fourth-order valence-corrected chi connectivity index (χ4v) is 2.81. The molecule has 0 radical (unpaired) electrons. The van der Waals surface area contributed by atoms with E-state index in [0.29, 0.717) is 29.4 Å². The quantitative estimate of drug-likeness (QED) is 0.706. The van der Waals surface area contributed by atoms with E-state index >= 15 is 0 Å². The molecule has 0 bridgehead atoms. The van der Waals surface area contributed by atoms with Crippen LogP contribution in [0.4, 0.5) is 0 Å². The number of nitrogens with one attached hydrogen (secondary N) is 1. The van der Waals surface area contributed by atoms with Crippen molar-refractivity contribution in [2.45, 2.75) is 19.8 Å². The molecule has 25 heavy (non-hydrogen) atoms. The number of aliphatic hydroxyl groups excluding tert-OH is 1. The number of benzene rings is 1. The Hall–Kier alpha value is -2.05. The molecule has 0 fully saturated rings. The molecule has 2 N–H and O–H groups in total. The summed E-state index contributed by atoms with van der Waals surface area (Å²) >= 11 is 11.8. The molecular weight excluding hydrogens is 367 g/mol. The number of aliphatic hydroxyl groups is 1. The zero-order valence-corrected chi connectivity index (χ0v) is 15.2. The van der Waals surface area contributed by atoms with E-state index in [1.54, 1.807) is 12.1 Å². The first-order valence-electron chi connectivity index (χ1n) is 7.72. The topological polar surface area (TPSA) is 86.7 Å². The third-order valence-corrected chi connectivity index (χ3v) is 4.46. The Morgan fingerprint density at radius 2 is 2.00 bits per heavy atom. The van der Waals surface area contributed by atoms with Crippen molar-refractivity contribution in [2.75, 3.05) is 19.6 Å². The van der Waals surface area contributed by atoms with Crippen molar-refractivity contribution >= 4 is 40.8 Å². The highest BCUT2D eigenvalue weighted by Crippen LogP contribution is 2.23. The van der Waals surface area contributed by atoms with E-state index in [2.05, 4.69) is 5.32 Å². The molecular formula is C17H18Cl2N2O4. The molecule has 1 heterocycles. The van der Waals surface area contributed by atoms with E-state index in [0.717, 1.165) is 10.5 Å². The van der Waals surface area contributed by atoms with E-state index in [-0.39, 0.29) is 24.4 Å². The van der Waals surface area contributed by atoms with E-state index in [1.807, 2.05) is 6.07 Å². The number of amides is 2. The van der Waals surface area contributed by atoms with Crippen LogP contribution < -0.4 is 5.32 Å². The summed E-state index contributed by atoms with van der Waals surface area (Å²) in [5, 5.41) is 13.4. The Labute approximate surface area is 155 Å². The van der Waals surface area contributed by atoms with Gasteiger partial charge in [-0.05, 0) is 37.5 Å². The van der Waals surface area contributed by atoms with Gasteiger partial charge in [-0.25, -0.2) is 0 Å². The third kappa shape index (κ3) is 4.96. The molecule has 2 amide bonds. The van der Waals surface area contributed by atoms with Crippen molar-refractivity contribution in [3.8, 4) is 0 Å². The Morgan fingerprint density at radius 1 is 1.28 bits per heavy atom. The highest BCUT2D eigenvalue weighted by Gasteiger charge is 2.34. The van der Waals surface area contributed by atoms with Gasteiger partial charge >= 0.3 is 0 Å². The first kappa shape index (κ1) is 19.3. The second kappa shape index (κ2) is 8.36. The number of rotatable bonds is 7. The Morgan fingerprint density at radius 3 is 2.64 bits per heavy atom. The smallest absolute Gasteiger partial charge is 0.289 e. The molecule has 0 spiro atoms. The second-order valence-electron chi connectivity index (χ2n) is 5.80. The minimum Gasteiger partial charge on any atom is -0.503 e. The van der Waals surface area contributed by atoms with Gasteiger partial charge in [0.05, 0.1) is 28.7 Å². The van der Waals surface area contributed by atoms with Gasteiger partial charge in [0.25, 0.3) is 11.8 Å². The summed E-state index contributed by atoms with van der Waals surface area (Å²) in [5.74, 6) is -2.02. The maximum atomic E-state index is 12.1. The standard InChI is InChI=1S/C17H18Cl2N2O4/c1-10(22)8-21-9-12(15(23)17(21)25)16(24)20-6-2-3-11-4-5-13(18)14(19)7-11/h4-5,7,23H,2-3,6,8-9H2,1H3,(H,20,24). The zero-order valence-electron chi connectivity index (χ0n) is 13.6. The molecule has 0 atom stereocenters. The summed E-state index contributed by atoms with van der Waals surface area (Å²) in [7, 11) is 0. The summed E-state index contributed by atoms with van der Waals surface area (Å²) in [4.78, 5) is 36.2. The number of carbonyl (C=O) groups excluding carboxylic acids is 3. The number of hydrogen-bond donors (Lipinski definition) is 2. The highest BCUT2D eigenvalue weighted by molar-refractivity contribution is 6.42. The van der Waals surface area contributed by atoms with Crippen LogP contribution in [0.3, 0.4) is 0 Å². The first-order chi connectivity index (χ1) is 11.8. The molecule has 1 aromatic rings. The van der Waals surface area contributed by atoms with E-state index in [1.165, 1.54) is 6.92 Å². The van der Waals surface area contributed by atoms with Crippen LogP contribution in [0.5, 0.6) is 0 Å². The molecule has 0 saturated carbocycles. The molecule has 1 aromatic carbocycles. The maximum Gasteiger partial charge on any atom is 0.289 e. The number of carbonyl (C=O) groups is 3. The van der Waals surface area contributed by atoms with E-state index < -0.39 is 17.6 Å². The van der Waals surface area contributed by atoms with E-state index in [4.69, 9.17) is 23.2 Å². The van der Waals surface area contributed by atoms with Gasteiger partial charge in [-0.15, -0.1) is 0 Å². The molecule has 0 unspecified atom stereocenters. The summed E-state index contributed by atoms with van der Waals surface area (Å²) in [6.45, 7) is 1.52. The van der Waals surface area contributed by atoms with Crippen molar-refractivity contribution < 1.29 is 19.5 Å². The Balaban J connectivity index is 1.83. The predicted octanol–water partition coefficient (Wildman–Crippen LogP) is 2.29. The lowest BCUT2D eigenvalue weighted by molar-refractivity contribution is -0.131. The van der Waals surface area contributed by atoms with Crippen LogP contribution in [0.2, 0.25) is 10.0 Å². The zero-order chi connectivity index (χ0) is 18.6. The molecule has 0 saturated heterocycles. The molecule has 6 nitrogen and oxygen atoms in total. The van der Waals surface area contributed by atoms with Crippen LogP contribution in [0.25, 0.3) is 0 Å². The van der Waals surface area contributed by atoms with Gasteiger partial charge in [-0.3, -0.25) is 14.4 Å². The summed E-state index contributed by atoms with van der Waals surface area (Å²) < 4.78 is 0. The lowest BCUT2D eigenvalue weighted by Crippen LogP contribution is -2.33.